The van der Waals surface area contributed by atoms with Crippen LogP contribution in [0.25, 0.3) is 11.5 Å². The fourth-order valence-electron chi connectivity index (χ4n) is 2.76. The Labute approximate surface area is 146 Å². The van der Waals surface area contributed by atoms with Gasteiger partial charge < -0.3 is 19.3 Å². The maximum atomic E-state index is 12.4. The average Bonchev–Trinajstić information content (AvgIpc) is 3.32. The van der Waals surface area contributed by atoms with Crippen LogP contribution in [0, 0.1) is 0 Å². The predicted molar refractivity (Wildman–Crippen MR) is 93.9 cm³/mol. The minimum Gasteiger partial charge on any atom is -0.461 e. The Kier molecular flexibility index (Phi) is 5.36. The quantitative estimate of drug-likeness (QED) is 0.685. The number of amides is 1. The Bertz CT molecular complexity index is 792. The van der Waals surface area contributed by atoms with E-state index in [0.717, 1.165) is 5.56 Å². The molecule has 0 bridgehead atoms. The lowest BCUT2D eigenvalue weighted by Gasteiger charge is -2.16. The zero-order valence-electron chi connectivity index (χ0n) is 14.0. The van der Waals surface area contributed by atoms with E-state index in [2.05, 4.69) is 5.32 Å². The van der Waals surface area contributed by atoms with E-state index in [1.165, 1.54) is 0 Å². The zero-order valence-corrected chi connectivity index (χ0v) is 14.0. The van der Waals surface area contributed by atoms with Crippen LogP contribution in [0.2, 0.25) is 0 Å². The number of aliphatic hydroxyl groups excluding tert-OH is 1. The van der Waals surface area contributed by atoms with E-state index in [9.17, 15) is 9.90 Å². The Morgan fingerprint density at radius 1 is 1.08 bits per heavy atom. The maximum Gasteiger partial charge on any atom is 0.227 e. The van der Waals surface area contributed by atoms with E-state index < -0.39 is 6.10 Å². The Balaban J connectivity index is 1.60. The molecule has 25 heavy (non-hydrogen) atoms. The molecule has 2 atom stereocenters. The molecule has 0 aliphatic rings. The van der Waals surface area contributed by atoms with Crippen molar-refractivity contribution in [2.45, 2.75) is 25.4 Å². The fraction of sp³-hybridized carbons (Fsp3) is 0.250. The minimum atomic E-state index is -0.916. The number of rotatable bonds is 7. The summed E-state index contributed by atoms with van der Waals surface area (Å²) < 4.78 is 10.9. The average molecular weight is 339 g/mol. The third kappa shape index (κ3) is 4.00. The lowest BCUT2D eigenvalue weighted by Crippen LogP contribution is -2.32. The molecule has 1 aromatic carbocycles. The van der Waals surface area contributed by atoms with Crippen LogP contribution in [0.3, 0.4) is 0 Å². The van der Waals surface area contributed by atoms with Crippen LogP contribution < -0.4 is 5.32 Å². The van der Waals surface area contributed by atoms with Crippen molar-refractivity contribution < 1.29 is 18.7 Å². The highest BCUT2D eigenvalue weighted by Crippen LogP contribution is 2.26. The van der Waals surface area contributed by atoms with Crippen molar-refractivity contribution in [2.75, 3.05) is 6.54 Å². The summed E-state index contributed by atoms with van der Waals surface area (Å²) in [5.74, 6) is 1.19. The van der Waals surface area contributed by atoms with Gasteiger partial charge in [-0.15, -0.1) is 0 Å². The molecule has 0 spiro atoms. The highest BCUT2D eigenvalue weighted by Gasteiger charge is 2.20. The molecule has 3 rings (SSSR count). The van der Waals surface area contributed by atoms with E-state index >= 15 is 0 Å². The molecule has 5 nitrogen and oxygen atoms in total. The number of benzene rings is 1. The SMILES string of the molecule is CCC(C(=O)NCC(O)c1ccc(-c2ccco2)o1)c1ccccc1. The Morgan fingerprint density at radius 3 is 2.56 bits per heavy atom. The molecule has 0 aliphatic carbocycles. The van der Waals surface area contributed by atoms with Crippen molar-refractivity contribution in [3.8, 4) is 11.5 Å². The molecule has 0 fully saturated rings. The van der Waals surface area contributed by atoms with Gasteiger partial charge in [-0.3, -0.25) is 4.79 Å². The van der Waals surface area contributed by atoms with Crippen molar-refractivity contribution in [1.29, 1.82) is 0 Å². The summed E-state index contributed by atoms with van der Waals surface area (Å²) in [5, 5.41) is 13.1. The number of hydrogen-bond acceptors (Lipinski definition) is 4. The standard InChI is InChI=1S/C20H21NO4/c1-2-15(14-7-4-3-5-8-14)20(23)21-13-16(22)17-10-11-19(25-17)18-9-6-12-24-18/h3-12,15-16,22H,2,13H2,1H3,(H,21,23). The molecule has 0 radical (unpaired) electrons. The van der Waals surface area contributed by atoms with Gasteiger partial charge in [0.2, 0.25) is 5.91 Å². The van der Waals surface area contributed by atoms with E-state index in [4.69, 9.17) is 8.83 Å². The summed E-state index contributed by atoms with van der Waals surface area (Å²) in [4.78, 5) is 12.4. The van der Waals surface area contributed by atoms with Crippen molar-refractivity contribution in [3.05, 3.63) is 72.2 Å². The fourth-order valence-corrected chi connectivity index (χ4v) is 2.76. The van der Waals surface area contributed by atoms with E-state index in [1.54, 1.807) is 30.5 Å². The Morgan fingerprint density at radius 2 is 1.88 bits per heavy atom. The second-order valence-corrected chi connectivity index (χ2v) is 5.81. The molecule has 5 heteroatoms. The van der Waals surface area contributed by atoms with Crippen molar-refractivity contribution >= 4 is 5.91 Å². The number of carbonyl (C=O) groups excluding carboxylic acids is 1. The molecule has 2 aromatic heterocycles. The molecular weight excluding hydrogens is 318 g/mol. The highest BCUT2D eigenvalue weighted by atomic mass is 16.4. The molecule has 0 saturated carbocycles. The van der Waals surface area contributed by atoms with Gasteiger partial charge in [-0.05, 0) is 36.2 Å². The van der Waals surface area contributed by atoms with Gasteiger partial charge in [0.1, 0.15) is 11.9 Å². The first-order chi connectivity index (χ1) is 12.2. The zero-order chi connectivity index (χ0) is 17.6. The smallest absolute Gasteiger partial charge is 0.227 e. The first-order valence-electron chi connectivity index (χ1n) is 8.33. The Hall–Kier alpha value is -2.79. The molecule has 2 heterocycles. The summed E-state index contributed by atoms with van der Waals surface area (Å²) in [6.07, 6.45) is 1.33. The molecule has 3 aromatic rings. The predicted octanol–water partition coefficient (Wildman–Crippen LogP) is 3.88. The summed E-state index contributed by atoms with van der Waals surface area (Å²) in [5.41, 5.74) is 0.968. The first kappa shape index (κ1) is 17.0. The van der Waals surface area contributed by atoms with Crippen LogP contribution in [0.5, 0.6) is 0 Å². The molecule has 0 aliphatic heterocycles. The van der Waals surface area contributed by atoms with Crippen LogP contribution >= 0.6 is 0 Å². The molecule has 130 valence electrons. The summed E-state index contributed by atoms with van der Waals surface area (Å²) >= 11 is 0. The third-order valence-corrected chi connectivity index (χ3v) is 4.12. The van der Waals surface area contributed by atoms with Gasteiger partial charge in [0.15, 0.2) is 11.5 Å². The van der Waals surface area contributed by atoms with Crippen LogP contribution in [0.4, 0.5) is 0 Å². The lowest BCUT2D eigenvalue weighted by molar-refractivity contribution is -0.123. The van der Waals surface area contributed by atoms with Gasteiger partial charge in [-0.1, -0.05) is 37.3 Å². The normalized spacial score (nSPS) is 13.4. The summed E-state index contributed by atoms with van der Waals surface area (Å²) in [6, 6.07) is 16.6. The van der Waals surface area contributed by atoms with E-state index in [0.29, 0.717) is 23.7 Å². The van der Waals surface area contributed by atoms with Gasteiger partial charge in [0.05, 0.1) is 18.7 Å². The van der Waals surface area contributed by atoms with Gasteiger partial charge in [-0.25, -0.2) is 0 Å². The largest absolute Gasteiger partial charge is 0.461 e. The van der Waals surface area contributed by atoms with Gasteiger partial charge in [0, 0.05) is 0 Å². The van der Waals surface area contributed by atoms with Gasteiger partial charge in [-0.2, -0.15) is 0 Å². The number of carbonyl (C=O) groups is 1. The molecule has 2 unspecified atom stereocenters. The van der Waals surface area contributed by atoms with Crippen LogP contribution in [-0.2, 0) is 4.79 Å². The van der Waals surface area contributed by atoms with E-state index in [1.807, 2.05) is 37.3 Å². The van der Waals surface area contributed by atoms with Gasteiger partial charge in [0.25, 0.3) is 0 Å². The minimum absolute atomic E-state index is 0.0906. The molecule has 1 amide bonds. The second-order valence-electron chi connectivity index (χ2n) is 5.81. The van der Waals surface area contributed by atoms with Crippen LogP contribution in [0.1, 0.15) is 36.7 Å². The monoisotopic (exact) mass is 339 g/mol. The van der Waals surface area contributed by atoms with Crippen molar-refractivity contribution in [3.63, 3.8) is 0 Å². The maximum absolute atomic E-state index is 12.4. The summed E-state index contributed by atoms with van der Waals surface area (Å²) in [6.45, 7) is 2.06. The number of hydrogen-bond donors (Lipinski definition) is 2. The third-order valence-electron chi connectivity index (χ3n) is 4.12. The van der Waals surface area contributed by atoms with Crippen LogP contribution in [0.15, 0.2) is 69.7 Å². The molecule has 2 N–H and O–H groups in total. The first-order valence-corrected chi connectivity index (χ1v) is 8.33. The second kappa shape index (κ2) is 7.85. The topological polar surface area (TPSA) is 75.6 Å². The van der Waals surface area contributed by atoms with Crippen molar-refractivity contribution in [2.24, 2.45) is 0 Å². The van der Waals surface area contributed by atoms with E-state index in [-0.39, 0.29) is 18.4 Å². The van der Waals surface area contributed by atoms with Crippen molar-refractivity contribution in [1.82, 2.24) is 5.32 Å². The number of aliphatic hydroxyl groups is 1. The molecular formula is C20H21NO4. The number of furan rings is 2. The highest BCUT2D eigenvalue weighted by molar-refractivity contribution is 5.83. The number of nitrogens with one attached hydrogen (secondary N) is 1. The summed E-state index contributed by atoms with van der Waals surface area (Å²) in [7, 11) is 0. The van der Waals surface area contributed by atoms with Gasteiger partial charge >= 0.3 is 0 Å². The molecule has 0 saturated heterocycles. The lowest BCUT2D eigenvalue weighted by atomic mass is 9.95. The van der Waals surface area contributed by atoms with Crippen LogP contribution in [-0.4, -0.2) is 17.6 Å².